The second-order valence-electron chi connectivity index (χ2n) is 4.33. The standard InChI is InChI=1S/C11H18F2N2O2S/c12-9(13)6-17-5-4-10(16)15-8-3-1-2-7(8)11(14)18/h7-9H,1-6H2,(H2,14,18)(H,15,16). The van der Waals surface area contributed by atoms with Gasteiger partial charge in [0.1, 0.15) is 6.61 Å². The van der Waals surface area contributed by atoms with Crippen molar-refractivity contribution in [3.63, 3.8) is 0 Å². The van der Waals surface area contributed by atoms with E-state index in [1.807, 2.05) is 0 Å². The van der Waals surface area contributed by atoms with Crippen molar-refractivity contribution in [2.24, 2.45) is 11.7 Å². The van der Waals surface area contributed by atoms with Crippen LogP contribution in [0, 0.1) is 5.92 Å². The average molecular weight is 280 g/mol. The van der Waals surface area contributed by atoms with Gasteiger partial charge in [-0.1, -0.05) is 18.6 Å². The summed E-state index contributed by atoms with van der Waals surface area (Å²) in [4.78, 5) is 12.0. The monoisotopic (exact) mass is 280 g/mol. The fourth-order valence-electron chi connectivity index (χ4n) is 2.09. The molecule has 1 fully saturated rings. The topological polar surface area (TPSA) is 64.3 Å². The number of hydrogen-bond acceptors (Lipinski definition) is 3. The smallest absolute Gasteiger partial charge is 0.261 e. The molecule has 1 aliphatic rings. The molecule has 1 rings (SSSR count). The Morgan fingerprint density at radius 2 is 2.22 bits per heavy atom. The number of alkyl halides is 2. The zero-order chi connectivity index (χ0) is 13.5. The molecule has 0 bridgehead atoms. The molecule has 4 nitrogen and oxygen atoms in total. The van der Waals surface area contributed by atoms with E-state index in [9.17, 15) is 13.6 Å². The van der Waals surface area contributed by atoms with Gasteiger partial charge in [-0.15, -0.1) is 0 Å². The number of ether oxygens (including phenoxy) is 1. The summed E-state index contributed by atoms with van der Waals surface area (Å²) in [5.74, 6) is -0.164. The Hall–Kier alpha value is -0.820. The summed E-state index contributed by atoms with van der Waals surface area (Å²) in [5.41, 5.74) is 5.59. The molecular weight excluding hydrogens is 262 g/mol. The van der Waals surface area contributed by atoms with Crippen LogP contribution >= 0.6 is 12.2 Å². The first-order valence-electron chi connectivity index (χ1n) is 5.95. The van der Waals surface area contributed by atoms with E-state index in [1.165, 1.54) is 0 Å². The second-order valence-corrected chi connectivity index (χ2v) is 4.80. The minimum atomic E-state index is -2.50. The van der Waals surface area contributed by atoms with Crippen LogP contribution in [0.5, 0.6) is 0 Å². The molecule has 2 atom stereocenters. The lowest BCUT2D eigenvalue weighted by atomic mass is 10.0. The highest BCUT2D eigenvalue weighted by atomic mass is 32.1. The lowest BCUT2D eigenvalue weighted by molar-refractivity contribution is -0.123. The molecule has 1 saturated carbocycles. The maximum atomic E-state index is 11.8. The van der Waals surface area contributed by atoms with Crippen LogP contribution in [0.2, 0.25) is 0 Å². The van der Waals surface area contributed by atoms with Gasteiger partial charge in [-0.05, 0) is 12.8 Å². The number of carbonyl (C=O) groups excluding carboxylic acids is 1. The van der Waals surface area contributed by atoms with Crippen LogP contribution < -0.4 is 11.1 Å². The Morgan fingerprint density at radius 1 is 1.50 bits per heavy atom. The van der Waals surface area contributed by atoms with Gasteiger partial charge in [0.25, 0.3) is 6.43 Å². The molecule has 1 amide bonds. The number of nitrogens with one attached hydrogen (secondary N) is 1. The van der Waals surface area contributed by atoms with Crippen molar-refractivity contribution in [2.45, 2.75) is 38.2 Å². The zero-order valence-corrected chi connectivity index (χ0v) is 10.8. The van der Waals surface area contributed by atoms with Crippen LogP contribution in [0.4, 0.5) is 8.78 Å². The van der Waals surface area contributed by atoms with Gasteiger partial charge in [0.2, 0.25) is 5.91 Å². The van der Waals surface area contributed by atoms with Gasteiger partial charge in [-0.25, -0.2) is 8.78 Å². The van der Waals surface area contributed by atoms with Crippen LogP contribution in [0.3, 0.4) is 0 Å². The summed E-state index contributed by atoms with van der Waals surface area (Å²) >= 11 is 4.94. The zero-order valence-electron chi connectivity index (χ0n) is 10.0. The number of thiocarbonyl (C=S) groups is 1. The molecule has 18 heavy (non-hydrogen) atoms. The molecule has 1 aliphatic carbocycles. The summed E-state index contributed by atoms with van der Waals surface area (Å²) in [7, 11) is 0. The van der Waals surface area contributed by atoms with Crippen LogP contribution in [-0.4, -0.2) is 36.6 Å². The molecule has 0 radical (unpaired) electrons. The van der Waals surface area contributed by atoms with Crippen molar-refractivity contribution in [3.8, 4) is 0 Å². The van der Waals surface area contributed by atoms with E-state index in [1.54, 1.807) is 0 Å². The van der Waals surface area contributed by atoms with Crippen molar-refractivity contribution in [1.29, 1.82) is 0 Å². The molecule has 0 spiro atoms. The highest BCUT2D eigenvalue weighted by Crippen LogP contribution is 2.25. The molecule has 0 saturated heterocycles. The predicted molar refractivity (Wildman–Crippen MR) is 67.5 cm³/mol. The first-order chi connectivity index (χ1) is 8.50. The van der Waals surface area contributed by atoms with E-state index >= 15 is 0 Å². The van der Waals surface area contributed by atoms with E-state index in [0.717, 1.165) is 19.3 Å². The molecule has 7 heteroatoms. The Labute approximate surface area is 110 Å². The third kappa shape index (κ3) is 5.22. The van der Waals surface area contributed by atoms with Gasteiger partial charge in [0.15, 0.2) is 0 Å². The number of nitrogens with two attached hydrogens (primary N) is 1. The molecule has 104 valence electrons. The maximum Gasteiger partial charge on any atom is 0.261 e. The Bertz CT molecular complexity index is 303. The van der Waals surface area contributed by atoms with E-state index < -0.39 is 13.0 Å². The molecule has 3 N–H and O–H groups in total. The van der Waals surface area contributed by atoms with Gasteiger partial charge in [-0.3, -0.25) is 4.79 Å². The fraction of sp³-hybridized carbons (Fsp3) is 0.818. The summed E-state index contributed by atoms with van der Waals surface area (Å²) < 4.78 is 28.2. The minimum absolute atomic E-state index is 0.000626. The second kappa shape index (κ2) is 7.58. The molecule has 0 aromatic rings. The van der Waals surface area contributed by atoms with Gasteiger partial charge < -0.3 is 15.8 Å². The molecular formula is C11H18F2N2O2S. The van der Waals surface area contributed by atoms with Crippen LogP contribution in [0.15, 0.2) is 0 Å². The molecule has 0 heterocycles. The highest BCUT2D eigenvalue weighted by Gasteiger charge is 2.30. The summed E-state index contributed by atoms with van der Waals surface area (Å²) in [6, 6.07) is -0.0231. The highest BCUT2D eigenvalue weighted by molar-refractivity contribution is 7.80. The quantitative estimate of drug-likeness (QED) is 0.544. The van der Waals surface area contributed by atoms with Gasteiger partial charge in [0, 0.05) is 18.4 Å². The van der Waals surface area contributed by atoms with Crippen molar-refractivity contribution < 1.29 is 18.3 Å². The van der Waals surface area contributed by atoms with E-state index in [0.29, 0.717) is 4.99 Å². The first-order valence-corrected chi connectivity index (χ1v) is 6.36. The Morgan fingerprint density at radius 3 is 2.83 bits per heavy atom. The lowest BCUT2D eigenvalue weighted by Gasteiger charge is -2.19. The summed E-state index contributed by atoms with van der Waals surface area (Å²) in [6.45, 7) is -0.632. The van der Waals surface area contributed by atoms with Crippen LogP contribution in [0.1, 0.15) is 25.7 Å². The van der Waals surface area contributed by atoms with Crippen molar-refractivity contribution >= 4 is 23.1 Å². The number of amides is 1. The predicted octanol–water partition coefficient (Wildman–Crippen LogP) is 1.23. The molecule has 2 unspecified atom stereocenters. The Kier molecular flexibility index (Phi) is 6.42. The SMILES string of the molecule is NC(=S)C1CCCC1NC(=O)CCOCC(F)F. The molecule has 0 aromatic carbocycles. The number of carbonyl (C=O) groups is 1. The fourth-order valence-corrected chi connectivity index (χ4v) is 2.37. The van der Waals surface area contributed by atoms with Gasteiger partial charge >= 0.3 is 0 Å². The van der Waals surface area contributed by atoms with Gasteiger partial charge in [-0.2, -0.15) is 0 Å². The van der Waals surface area contributed by atoms with Crippen LogP contribution in [0.25, 0.3) is 0 Å². The average Bonchev–Trinajstić information content (AvgIpc) is 2.72. The molecule has 0 aliphatic heterocycles. The van der Waals surface area contributed by atoms with Crippen molar-refractivity contribution in [2.75, 3.05) is 13.2 Å². The first kappa shape index (κ1) is 15.2. The summed E-state index contributed by atoms with van der Waals surface area (Å²) in [5, 5.41) is 2.82. The van der Waals surface area contributed by atoms with Crippen molar-refractivity contribution in [1.82, 2.24) is 5.32 Å². The number of halogens is 2. The summed E-state index contributed by atoms with van der Waals surface area (Å²) in [6.07, 6.45) is 0.303. The van der Waals surface area contributed by atoms with Crippen molar-refractivity contribution in [3.05, 3.63) is 0 Å². The van der Waals surface area contributed by atoms with E-state index in [-0.39, 0.29) is 30.9 Å². The molecule has 0 aromatic heterocycles. The Balaban J connectivity index is 2.21. The van der Waals surface area contributed by atoms with Gasteiger partial charge in [0.05, 0.1) is 11.6 Å². The number of hydrogen-bond donors (Lipinski definition) is 2. The van der Waals surface area contributed by atoms with E-state index in [2.05, 4.69) is 10.1 Å². The van der Waals surface area contributed by atoms with E-state index in [4.69, 9.17) is 18.0 Å². The third-order valence-corrected chi connectivity index (χ3v) is 3.25. The lowest BCUT2D eigenvalue weighted by Crippen LogP contribution is -2.42. The third-order valence-electron chi connectivity index (χ3n) is 2.95. The minimum Gasteiger partial charge on any atom is -0.393 e. The number of rotatable bonds is 7. The largest absolute Gasteiger partial charge is 0.393 e. The maximum absolute atomic E-state index is 11.8. The normalized spacial score (nSPS) is 23.3. The van der Waals surface area contributed by atoms with Crippen LogP contribution in [-0.2, 0) is 9.53 Å².